The van der Waals surface area contributed by atoms with Gasteiger partial charge in [0.15, 0.2) is 0 Å². The Kier molecular flexibility index (Phi) is 8.05. The summed E-state index contributed by atoms with van der Waals surface area (Å²) in [5.41, 5.74) is 0.638. The van der Waals surface area contributed by atoms with Crippen LogP contribution in [0, 0.1) is 0 Å². The van der Waals surface area contributed by atoms with Gasteiger partial charge in [0, 0.05) is 19.2 Å². The van der Waals surface area contributed by atoms with Crippen LogP contribution < -0.4 is 14.7 Å². The molecular weight excluding hydrogens is 337 g/mol. The van der Waals surface area contributed by atoms with Crippen LogP contribution in [0.15, 0.2) is 18.3 Å². The van der Waals surface area contributed by atoms with Gasteiger partial charge in [0.25, 0.3) is 0 Å². The van der Waals surface area contributed by atoms with Crippen molar-refractivity contribution in [1.29, 1.82) is 0 Å². The molecule has 0 aliphatic heterocycles. The molecule has 1 aromatic heterocycles. The minimum absolute atomic E-state index is 0.00139. The molecule has 7 nitrogen and oxygen atoms in total. The number of amides is 1. The molecule has 0 bridgehead atoms. The van der Waals surface area contributed by atoms with Crippen molar-refractivity contribution in [2.24, 2.45) is 0 Å². The number of nitrogens with one attached hydrogen (secondary N) is 1. The molecule has 1 rings (SSSR count). The SMILES string of the molecule is CCOP(=O)(NC(C)C)SCC(=O)N(C)c1ccc(OC)nc1. The first-order valence-electron chi connectivity index (χ1n) is 7.24. The van der Waals surface area contributed by atoms with Gasteiger partial charge < -0.3 is 14.2 Å². The average molecular weight is 361 g/mol. The van der Waals surface area contributed by atoms with Crippen LogP contribution in [0.2, 0.25) is 0 Å². The fourth-order valence-corrected chi connectivity index (χ4v) is 5.58. The standard InChI is InChI=1S/C14H24N3O4PS/c1-6-21-22(19,16-11(2)3)23-10-14(18)17(4)12-7-8-13(20-5)15-9-12/h7-9,11H,6,10H2,1-5H3,(H,16,19). The maximum Gasteiger partial charge on any atom is 0.327 e. The maximum atomic E-state index is 12.6. The molecule has 130 valence electrons. The molecule has 23 heavy (non-hydrogen) atoms. The number of aromatic nitrogens is 1. The number of hydrogen-bond donors (Lipinski definition) is 1. The van der Waals surface area contributed by atoms with E-state index in [4.69, 9.17) is 9.26 Å². The topological polar surface area (TPSA) is 80.8 Å². The first-order valence-corrected chi connectivity index (χ1v) is 10.5. The van der Waals surface area contributed by atoms with E-state index in [1.807, 2.05) is 13.8 Å². The van der Waals surface area contributed by atoms with Crippen molar-refractivity contribution in [2.75, 3.05) is 31.4 Å². The molecule has 0 saturated carbocycles. The Labute approximate surface area is 141 Å². The number of pyridine rings is 1. The second-order valence-corrected chi connectivity index (χ2v) is 9.26. The molecule has 0 aliphatic carbocycles. The third-order valence-electron chi connectivity index (χ3n) is 2.76. The van der Waals surface area contributed by atoms with Crippen molar-refractivity contribution in [3.05, 3.63) is 18.3 Å². The highest BCUT2D eigenvalue weighted by Crippen LogP contribution is 2.56. The lowest BCUT2D eigenvalue weighted by Gasteiger charge is -2.22. The van der Waals surface area contributed by atoms with Crippen LogP contribution in [0.5, 0.6) is 5.88 Å². The third kappa shape index (κ3) is 6.51. The zero-order valence-electron chi connectivity index (χ0n) is 14.1. The molecular formula is C14H24N3O4PS. The van der Waals surface area contributed by atoms with E-state index in [1.165, 1.54) is 12.0 Å². The van der Waals surface area contributed by atoms with Gasteiger partial charge >= 0.3 is 6.72 Å². The van der Waals surface area contributed by atoms with Gasteiger partial charge in [0.2, 0.25) is 11.8 Å². The quantitative estimate of drug-likeness (QED) is 0.677. The normalized spacial score (nSPS) is 13.7. The minimum Gasteiger partial charge on any atom is -0.481 e. The summed E-state index contributed by atoms with van der Waals surface area (Å²) < 4.78 is 22.9. The maximum absolute atomic E-state index is 12.6. The lowest BCUT2D eigenvalue weighted by molar-refractivity contribution is -0.115. The van der Waals surface area contributed by atoms with Gasteiger partial charge in [0.05, 0.1) is 31.4 Å². The van der Waals surface area contributed by atoms with Crippen LogP contribution in [0.25, 0.3) is 0 Å². The third-order valence-corrected chi connectivity index (χ3v) is 6.95. The fourth-order valence-electron chi connectivity index (χ4n) is 1.67. The second kappa shape index (κ2) is 9.27. The molecule has 0 saturated heterocycles. The lowest BCUT2D eigenvalue weighted by atomic mass is 10.4. The molecule has 0 fully saturated rings. The molecule has 0 radical (unpaired) electrons. The molecule has 1 heterocycles. The summed E-state index contributed by atoms with van der Waals surface area (Å²) in [6, 6.07) is 3.42. The van der Waals surface area contributed by atoms with Gasteiger partial charge in [-0.1, -0.05) is 0 Å². The van der Waals surface area contributed by atoms with E-state index >= 15 is 0 Å². The van der Waals surface area contributed by atoms with E-state index in [9.17, 15) is 9.36 Å². The summed E-state index contributed by atoms with van der Waals surface area (Å²) in [6.45, 7) is 2.75. The van der Waals surface area contributed by atoms with Crippen molar-refractivity contribution in [1.82, 2.24) is 10.1 Å². The second-order valence-electron chi connectivity index (χ2n) is 4.98. The number of hydrogen-bond acceptors (Lipinski definition) is 6. The van der Waals surface area contributed by atoms with Crippen molar-refractivity contribution < 1.29 is 18.6 Å². The number of carbonyl (C=O) groups excluding carboxylic acids is 1. The minimum atomic E-state index is -3.09. The van der Waals surface area contributed by atoms with Crippen molar-refractivity contribution in [3.8, 4) is 5.88 Å². The van der Waals surface area contributed by atoms with E-state index in [0.29, 0.717) is 18.2 Å². The first kappa shape index (κ1) is 20.0. The van der Waals surface area contributed by atoms with Gasteiger partial charge in [-0.2, -0.15) is 0 Å². The van der Waals surface area contributed by atoms with E-state index in [0.717, 1.165) is 11.4 Å². The molecule has 9 heteroatoms. The van der Waals surface area contributed by atoms with Gasteiger partial charge in [-0.05, 0) is 38.2 Å². The summed E-state index contributed by atoms with van der Waals surface area (Å²) >= 11 is 1.00. The molecule has 0 aliphatic rings. The summed E-state index contributed by atoms with van der Waals surface area (Å²) in [6.07, 6.45) is 1.55. The Morgan fingerprint density at radius 2 is 2.17 bits per heavy atom. The van der Waals surface area contributed by atoms with Crippen LogP contribution in [0.1, 0.15) is 20.8 Å². The smallest absolute Gasteiger partial charge is 0.327 e. The zero-order chi connectivity index (χ0) is 17.5. The largest absolute Gasteiger partial charge is 0.481 e. The predicted octanol–water partition coefficient (Wildman–Crippen LogP) is 2.93. The van der Waals surface area contributed by atoms with Crippen LogP contribution in [-0.2, 0) is 13.9 Å². The monoisotopic (exact) mass is 361 g/mol. The van der Waals surface area contributed by atoms with E-state index in [1.54, 1.807) is 32.3 Å². The highest BCUT2D eigenvalue weighted by molar-refractivity contribution is 8.56. The number of rotatable bonds is 9. The number of carbonyl (C=O) groups is 1. The van der Waals surface area contributed by atoms with Gasteiger partial charge in [0.1, 0.15) is 0 Å². The van der Waals surface area contributed by atoms with Crippen molar-refractivity contribution in [2.45, 2.75) is 26.8 Å². The number of nitrogens with zero attached hydrogens (tertiary/aromatic N) is 2. The highest BCUT2D eigenvalue weighted by atomic mass is 32.7. The number of methoxy groups -OCH3 is 1. The summed E-state index contributed by atoms with van der Waals surface area (Å²) in [4.78, 5) is 17.8. The number of ether oxygens (including phenoxy) is 1. The molecule has 1 unspecified atom stereocenters. The van der Waals surface area contributed by atoms with E-state index in [-0.39, 0.29) is 17.7 Å². The van der Waals surface area contributed by atoms with Crippen LogP contribution >= 0.6 is 18.1 Å². The van der Waals surface area contributed by atoms with Crippen molar-refractivity contribution in [3.63, 3.8) is 0 Å². The van der Waals surface area contributed by atoms with Gasteiger partial charge in [-0.25, -0.2) is 10.1 Å². The van der Waals surface area contributed by atoms with Gasteiger partial charge in [-0.15, -0.1) is 0 Å². The Balaban J connectivity index is 2.67. The first-order chi connectivity index (χ1) is 10.8. The number of anilines is 1. The van der Waals surface area contributed by atoms with Crippen molar-refractivity contribution >= 4 is 29.7 Å². The predicted molar refractivity (Wildman–Crippen MR) is 94.2 cm³/mol. The summed E-state index contributed by atoms with van der Waals surface area (Å²) in [5, 5.41) is 2.90. The molecule has 0 spiro atoms. The van der Waals surface area contributed by atoms with E-state index < -0.39 is 6.72 Å². The highest BCUT2D eigenvalue weighted by Gasteiger charge is 2.26. The lowest BCUT2D eigenvalue weighted by Crippen LogP contribution is -2.28. The van der Waals surface area contributed by atoms with E-state index in [2.05, 4.69) is 10.1 Å². The van der Waals surface area contributed by atoms with Crippen LogP contribution in [0.3, 0.4) is 0 Å². The average Bonchev–Trinajstić information content (AvgIpc) is 2.51. The van der Waals surface area contributed by atoms with Gasteiger partial charge in [-0.3, -0.25) is 9.36 Å². The summed E-state index contributed by atoms with van der Waals surface area (Å²) in [5.74, 6) is 0.331. The molecule has 0 aromatic carbocycles. The van der Waals surface area contributed by atoms with Crippen LogP contribution in [0.4, 0.5) is 5.69 Å². The Hall–Kier alpha value is -1.08. The molecule has 1 amide bonds. The summed E-state index contributed by atoms with van der Waals surface area (Å²) in [7, 11) is 3.17. The molecule has 1 aromatic rings. The Morgan fingerprint density at radius 1 is 1.48 bits per heavy atom. The Morgan fingerprint density at radius 3 is 2.65 bits per heavy atom. The zero-order valence-corrected chi connectivity index (χ0v) is 15.8. The molecule has 1 atom stereocenters. The Bertz CT molecular complexity index is 553. The molecule has 1 N–H and O–H groups in total. The fraction of sp³-hybridized carbons (Fsp3) is 0.571. The van der Waals surface area contributed by atoms with Crippen LogP contribution in [-0.4, -0.2) is 43.5 Å².